The predicted octanol–water partition coefficient (Wildman–Crippen LogP) is 2.63. The van der Waals surface area contributed by atoms with Crippen LogP contribution in [0.1, 0.15) is 24.0 Å². The third-order valence-electron chi connectivity index (χ3n) is 3.21. The van der Waals surface area contributed by atoms with Gasteiger partial charge in [-0.3, -0.25) is 4.79 Å². The highest BCUT2D eigenvalue weighted by Gasteiger charge is 2.34. The monoisotopic (exact) mass is 326 g/mol. The van der Waals surface area contributed by atoms with Gasteiger partial charge in [-0.1, -0.05) is 6.07 Å². The fourth-order valence-electron chi connectivity index (χ4n) is 2.18. The van der Waals surface area contributed by atoms with Gasteiger partial charge in [-0.05, 0) is 37.1 Å². The molecular formula is C13H15ClF4N2O. The number of carbonyl (C=O) groups excluding carboxylic acids is 1. The summed E-state index contributed by atoms with van der Waals surface area (Å²) in [7, 11) is 0. The molecular weight excluding hydrogens is 312 g/mol. The standard InChI is InChI=1S/C13H14F4N2O.ClH/c14-9-4-3-8(10(6-9)13(15,16)17)7-19-12(20)11-2-1-5-18-11;/h3-4,6,11,18H,1-2,5,7H2,(H,19,20);1H. The summed E-state index contributed by atoms with van der Waals surface area (Å²) in [5.41, 5.74) is -1.21. The molecule has 3 nitrogen and oxygen atoms in total. The van der Waals surface area contributed by atoms with E-state index >= 15 is 0 Å². The molecule has 1 heterocycles. The molecule has 1 saturated heterocycles. The second kappa shape index (κ2) is 7.09. The van der Waals surface area contributed by atoms with Crippen LogP contribution in [0.15, 0.2) is 18.2 Å². The van der Waals surface area contributed by atoms with Gasteiger partial charge in [0.15, 0.2) is 0 Å². The molecule has 1 aliphatic rings. The molecule has 2 N–H and O–H groups in total. The molecule has 0 aliphatic carbocycles. The normalized spacial score (nSPS) is 18.2. The summed E-state index contributed by atoms with van der Waals surface area (Å²) in [6, 6.07) is 2.07. The molecule has 0 aromatic heterocycles. The van der Waals surface area contributed by atoms with Crippen LogP contribution in [-0.2, 0) is 17.5 Å². The van der Waals surface area contributed by atoms with Crippen LogP contribution in [0, 0.1) is 5.82 Å². The first kappa shape index (κ1) is 17.7. The average molecular weight is 327 g/mol. The van der Waals surface area contributed by atoms with E-state index in [1.54, 1.807) is 0 Å². The lowest BCUT2D eigenvalue weighted by Crippen LogP contribution is -2.40. The Morgan fingerprint density at radius 1 is 1.38 bits per heavy atom. The lowest BCUT2D eigenvalue weighted by atomic mass is 10.1. The minimum absolute atomic E-state index is 0. The van der Waals surface area contributed by atoms with Gasteiger partial charge < -0.3 is 10.6 Å². The van der Waals surface area contributed by atoms with Crippen LogP contribution >= 0.6 is 12.4 Å². The van der Waals surface area contributed by atoms with Crippen LogP contribution in [0.2, 0.25) is 0 Å². The fourth-order valence-corrected chi connectivity index (χ4v) is 2.18. The second-order valence-electron chi connectivity index (χ2n) is 4.67. The summed E-state index contributed by atoms with van der Waals surface area (Å²) in [6.45, 7) is 0.453. The van der Waals surface area contributed by atoms with E-state index < -0.39 is 17.6 Å². The number of halogens is 5. The third kappa shape index (κ3) is 4.57. The van der Waals surface area contributed by atoms with Crippen LogP contribution in [0.4, 0.5) is 17.6 Å². The van der Waals surface area contributed by atoms with E-state index in [1.165, 1.54) is 0 Å². The highest BCUT2D eigenvalue weighted by atomic mass is 35.5. The zero-order valence-corrected chi connectivity index (χ0v) is 11.8. The van der Waals surface area contributed by atoms with E-state index in [9.17, 15) is 22.4 Å². The van der Waals surface area contributed by atoms with E-state index in [0.717, 1.165) is 25.1 Å². The molecule has 0 radical (unpaired) electrons. The maximum absolute atomic E-state index is 12.9. The van der Waals surface area contributed by atoms with Crippen molar-refractivity contribution >= 4 is 18.3 Å². The molecule has 1 unspecified atom stereocenters. The highest BCUT2D eigenvalue weighted by Crippen LogP contribution is 2.32. The number of alkyl halides is 3. The Hall–Kier alpha value is -1.34. The molecule has 1 fully saturated rings. The Morgan fingerprint density at radius 2 is 2.10 bits per heavy atom. The van der Waals surface area contributed by atoms with Crippen molar-refractivity contribution < 1.29 is 22.4 Å². The van der Waals surface area contributed by atoms with Gasteiger partial charge in [0.1, 0.15) is 5.82 Å². The number of amides is 1. The van der Waals surface area contributed by atoms with Crippen molar-refractivity contribution in [1.82, 2.24) is 10.6 Å². The third-order valence-corrected chi connectivity index (χ3v) is 3.21. The molecule has 1 amide bonds. The highest BCUT2D eigenvalue weighted by molar-refractivity contribution is 5.85. The summed E-state index contributed by atoms with van der Waals surface area (Å²) in [5, 5.41) is 5.40. The zero-order chi connectivity index (χ0) is 14.8. The maximum atomic E-state index is 12.9. The quantitative estimate of drug-likeness (QED) is 0.838. The Bertz CT molecular complexity index is 501. The largest absolute Gasteiger partial charge is 0.416 e. The molecule has 1 aromatic carbocycles. The molecule has 21 heavy (non-hydrogen) atoms. The summed E-state index contributed by atoms with van der Waals surface area (Å²) >= 11 is 0. The predicted molar refractivity (Wildman–Crippen MR) is 71.5 cm³/mol. The number of hydrogen-bond donors (Lipinski definition) is 2. The first-order valence-electron chi connectivity index (χ1n) is 6.24. The number of nitrogens with one attached hydrogen (secondary N) is 2. The van der Waals surface area contributed by atoms with Crippen molar-refractivity contribution in [1.29, 1.82) is 0 Å². The maximum Gasteiger partial charge on any atom is 0.416 e. The van der Waals surface area contributed by atoms with Gasteiger partial charge in [0.05, 0.1) is 11.6 Å². The van der Waals surface area contributed by atoms with Gasteiger partial charge in [-0.25, -0.2) is 4.39 Å². The van der Waals surface area contributed by atoms with Gasteiger partial charge in [0.2, 0.25) is 5.91 Å². The van der Waals surface area contributed by atoms with Gasteiger partial charge in [-0.2, -0.15) is 13.2 Å². The molecule has 0 bridgehead atoms. The van der Waals surface area contributed by atoms with Crippen molar-refractivity contribution in [2.75, 3.05) is 6.54 Å². The molecule has 0 spiro atoms. The summed E-state index contributed by atoms with van der Waals surface area (Å²) in [6.07, 6.45) is -3.11. The summed E-state index contributed by atoms with van der Waals surface area (Å²) < 4.78 is 51.2. The van der Waals surface area contributed by atoms with E-state index in [4.69, 9.17) is 0 Å². The Kier molecular flexibility index (Phi) is 5.98. The molecule has 1 aromatic rings. The van der Waals surface area contributed by atoms with Gasteiger partial charge in [0.25, 0.3) is 0 Å². The van der Waals surface area contributed by atoms with Gasteiger partial charge >= 0.3 is 6.18 Å². The molecule has 1 atom stereocenters. The minimum Gasteiger partial charge on any atom is -0.351 e. The average Bonchev–Trinajstić information content (AvgIpc) is 2.89. The first-order valence-corrected chi connectivity index (χ1v) is 6.24. The minimum atomic E-state index is -4.65. The summed E-state index contributed by atoms with van der Waals surface area (Å²) in [4.78, 5) is 11.7. The van der Waals surface area contributed by atoms with Crippen LogP contribution in [0.3, 0.4) is 0 Å². The van der Waals surface area contributed by atoms with Crippen molar-refractivity contribution in [3.8, 4) is 0 Å². The molecule has 0 saturated carbocycles. The van der Waals surface area contributed by atoms with Gasteiger partial charge in [-0.15, -0.1) is 12.4 Å². The number of rotatable bonds is 3. The van der Waals surface area contributed by atoms with E-state index in [-0.39, 0.29) is 36.5 Å². The van der Waals surface area contributed by atoms with Crippen LogP contribution in [-0.4, -0.2) is 18.5 Å². The van der Waals surface area contributed by atoms with E-state index in [1.807, 2.05) is 0 Å². The van der Waals surface area contributed by atoms with Crippen molar-refractivity contribution in [3.63, 3.8) is 0 Å². The molecule has 2 rings (SSSR count). The number of hydrogen-bond acceptors (Lipinski definition) is 2. The Balaban J connectivity index is 0.00000220. The van der Waals surface area contributed by atoms with E-state index in [2.05, 4.69) is 10.6 Å². The first-order chi connectivity index (χ1) is 9.38. The lowest BCUT2D eigenvalue weighted by molar-refractivity contribution is -0.138. The van der Waals surface area contributed by atoms with Gasteiger partial charge in [0, 0.05) is 6.54 Å². The smallest absolute Gasteiger partial charge is 0.351 e. The van der Waals surface area contributed by atoms with Crippen LogP contribution in [0.25, 0.3) is 0 Å². The van der Waals surface area contributed by atoms with Crippen LogP contribution < -0.4 is 10.6 Å². The topological polar surface area (TPSA) is 41.1 Å². The fraction of sp³-hybridized carbons (Fsp3) is 0.462. The van der Waals surface area contributed by atoms with Crippen LogP contribution in [0.5, 0.6) is 0 Å². The molecule has 1 aliphatic heterocycles. The number of carbonyl (C=O) groups is 1. The SMILES string of the molecule is Cl.O=C(NCc1ccc(F)cc1C(F)(F)F)C1CCCN1. The second-order valence-corrected chi connectivity index (χ2v) is 4.67. The Labute approximate surface area is 125 Å². The molecule has 8 heteroatoms. The number of benzene rings is 1. The van der Waals surface area contributed by atoms with E-state index in [0.29, 0.717) is 12.5 Å². The molecule has 118 valence electrons. The summed E-state index contributed by atoms with van der Waals surface area (Å²) in [5.74, 6) is -1.29. The zero-order valence-electron chi connectivity index (χ0n) is 11.0. The Morgan fingerprint density at radius 3 is 2.67 bits per heavy atom. The van der Waals surface area contributed by atoms with Crippen molar-refractivity contribution in [3.05, 3.63) is 35.1 Å². The lowest BCUT2D eigenvalue weighted by Gasteiger charge is -2.15. The van der Waals surface area contributed by atoms with Crippen molar-refractivity contribution in [2.45, 2.75) is 31.6 Å². The van der Waals surface area contributed by atoms with Crippen molar-refractivity contribution in [2.24, 2.45) is 0 Å².